The zero-order chi connectivity index (χ0) is 26.1. The first-order chi connectivity index (χ1) is 15.3. The fourth-order valence-corrected chi connectivity index (χ4v) is 4.13. The molecule has 5 nitrogen and oxygen atoms in total. The van der Waals surface area contributed by atoms with E-state index in [2.05, 4.69) is 5.32 Å². The van der Waals surface area contributed by atoms with E-state index in [-0.39, 0.29) is 43.0 Å². The van der Waals surface area contributed by atoms with Gasteiger partial charge in [0.2, 0.25) is 5.91 Å². The maximum absolute atomic E-state index is 13.2. The van der Waals surface area contributed by atoms with Crippen molar-refractivity contribution in [3.63, 3.8) is 0 Å². The third kappa shape index (κ3) is 6.79. The second-order valence-corrected chi connectivity index (χ2v) is 9.94. The van der Waals surface area contributed by atoms with E-state index in [1.54, 1.807) is 34.6 Å². The maximum Gasteiger partial charge on any atom is 0.471 e. The molecule has 1 aliphatic carbocycles. The molecule has 1 aliphatic rings. The first-order valence-corrected chi connectivity index (χ1v) is 10.9. The summed E-state index contributed by atoms with van der Waals surface area (Å²) in [4.78, 5) is 24.5. The third-order valence-corrected chi connectivity index (χ3v) is 5.94. The van der Waals surface area contributed by atoms with Gasteiger partial charge in [-0.25, -0.2) is 0 Å². The molecule has 1 fully saturated rings. The molecule has 2 amide bonds. The Morgan fingerprint density at radius 1 is 1.12 bits per heavy atom. The van der Waals surface area contributed by atoms with E-state index in [0.717, 1.165) is 12.1 Å². The van der Waals surface area contributed by atoms with Crippen LogP contribution in [0.5, 0.6) is 5.75 Å². The van der Waals surface area contributed by atoms with Crippen LogP contribution in [0.4, 0.5) is 26.3 Å². The highest BCUT2D eigenvalue weighted by molar-refractivity contribution is 5.84. The van der Waals surface area contributed by atoms with Gasteiger partial charge in [0, 0.05) is 18.2 Å². The summed E-state index contributed by atoms with van der Waals surface area (Å²) in [5, 5.41) is 4.58. The van der Waals surface area contributed by atoms with Crippen LogP contribution in [0.15, 0.2) is 18.2 Å². The summed E-state index contributed by atoms with van der Waals surface area (Å²) in [6.45, 7) is 8.41. The van der Waals surface area contributed by atoms with Gasteiger partial charge in [-0.3, -0.25) is 9.59 Å². The van der Waals surface area contributed by atoms with Crippen molar-refractivity contribution in [2.75, 3.05) is 0 Å². The number of rotatable bonds is 6. The molecule has 2 N–H and O–H groups in total. The standard InChI is InChI=1S/C23H30F6N2O3/c1-13(2)21(9-8-16(11-21)31-19(33)23(27,28)29)18(32)30-12-14-10-15(22(24,25)26)6-7-17(14)34-20(3,4)5/h6-7,10,13,16H,8-9,11-12H2,1-5H3,(H,30,32)(H,31,33)/t16-,21+/m1/s1. The highest BCUT2D eigenvalue weighted by Gasteiger charge is 2.49. The van der Waals surface area contributed by atoms with Crippen LogP contribution >= 0.6 is 0 Å². The van der Waals surface area contributed by atoms with E-state index in [1.807, 2.05) is 5.32 Å². The summed E-state index contributed by atoms with van der Waals surface area (Å²) in [5.41, 5.74) is -2.55. The molecule has 0 spiro atoms. The number of alkyl halides is 6. The SMILES string of the molecule is CC(C)[C@]1(C(=O)NCc2cc(C(F)(F)F)ccc2OC(C)(C)C)CC[C@@H](NC(=O)C(F)(F)F)C1. The zero-order valence-electron chi connectivity index (χ0n) is 19.7. The number of ether oxygens (including phenoxy) is 1. The van der Waals surface area contributed by atoms with Gasteiger partial charge < -0.3 is 15.4 Å². The number of benzene rings is 1. The van der Waals surface area contributed by atoms with Crippen molar-refractivity contribution in [3.8, 4) is 5.75 Å². The first kappa shape index (κ1) is 27.8. The molecule has 0 radical (unpaired) electrons. The zero-order valence-corrected chi connectivity index (χ0v) is 19.7. The maximum atomic E-state index is 13.2. The molecular weight excluding hydrogens is 466 g/mol. The molecule has 1 aromatic carbocycles. The molecule has 0 unspecified atom stereocenters. The van der Waals surface area contributed by atoms with Crippen molar-refractivity contribution in [3.05, 3.63) is 29.3 Å². The van der Waals surface area contributed by atoms with Crippen molar-refractivity contribution in [2.24, 2.45) is 11.3 Å². The van der Waals surface area contributed by atoms with E-state index >= 15 is 0 Å². The average molecular weight is 496 g/mol. The molecule has 11 heteroatoms. The van der Waals surface area contributed by atoms with Gasteiger partial charge in [-0.2, -0.15) is 26.3 Å². The van der Waals surface area contributed by atoms with Crippen LogP contribution in [0, 0.1) is 11.3 Å². The second kappa shape index (κ2) is 9.65. The van der Waals surface area contributed by atoms with Crippen LogP contribution in [0.3, 0.4) is 0 Å². The minimum absolute atomic E-state index is 0.00768. The lowest BCUT2D eigenvalue weighted by atomic mass is 9.74. The van der Waals surface area contributed by atoms with E-state index < -0.39 is 46.8 Å². The van der Waals surface area contributed by atoms with Crippen molar-refractivity contribution >= 4 is 11.8 Å². The Bertz CT molecular complexity index is 905. The fourth-order valence-electron chi connectivity index (χ4n) is 4.13. The normalized spacial score (nSPS) is 21.5. The Balaban J connectivity index is 2.23. The van der Waals surface area contributed by atoms with E-state index in [4.69, 9.17) is 4.74 Å². The summed E-state index contributed by atoms with van der Waals surface area (Å²) in [7, 11) is 0. The number of hydrogen-bond donors (Lipinski definition) is 2. The lowest BCUT2D eigenvalue weighted by Gasteiger charge is -2.32. The van der Waals surface area contributed by atoms with Gasteiger partial charge in [0.25, 0.3) is 0 Å². The van der Waals surface area contributed by atoms with Crippen LogP contribution in [0.25, 0.3) is 0 Å². The van der Waals surface area contributed by atoms with Crippen molar-refractivity contribution in [1.29, 1.82) is 0 Å². The van der Waals surface area contributed by atoms with Crippen molar-refractivity contribution in [2.45, 2.75) is 84.4 Å². The Labute approximate surface area is 194 Å². The number of hydrogen-bond acceptors (Lipinski definition) is 3. The van der Waals surface area contributed by atoms with Crippen molar-refractivity contribution < 1.29 is 40.7 Å². The summed E-state index contributed by atoms with van der Waals surface area (Å²) < 4.78 is 83.3. The Kier molecular flexibility index (Phi) is 7.89. The summed E-state index contributed by atoms with van der Waals surface area (Å²) in [6.07, 6.45) is -9.22. The van der Waals surface area contributed by atoms with Crippen LogP contribution in [-0.4, -0.2) is 29.6 Å². The second-order valence-electron chi connectivity index (χ2n) is 9.94. The molecule has 192 valence electrons. The van der Waals surface area contributed by atoms with Gasteiger partial charge >= 0.3 is 18.3 Å². The molecule has 1 saturated carbocycles. The topological polar surface area (TPSA) is 67.4 Å². The third-order valence-electron chi connectivity index (χ3n) is 5.94. The number of nitrogens with one attached hydrogen (secondary N) is 2. The molecule has 0 aromatic heterocycles. The molecular formula is C23H30F6N2O3. The van der Waals surface area contributed by atoms with E-state index in [0.29, 0.717) is 0 Å². The van der Waals surface area contributed by atoms with Crippen LogP contribution in [-0.2, 0) is 22.3 Å². The quantitative estimate of drug-likeness (QED) is 0.521. The summed E-state index contributed by atoms with van der Waals surface area (Å²) in [6, 6.07) is 2.17. The lowest BCUT2D eigenvalue weighted by Crippen LogP contribution is -2.46. The molecule has 0 bridgehead atoms. The smallest absolute Gasteiger partial charge is 0.471 e. The largest absolute Gasteiger partial charge is 0.488 e. The predicted octanol–water partition coefficient (Wildman–Crippen LogP) is 5.37. The van der Waals surface area contributed by atoms with Gasteiger partial charge in [-0.15, -0.1) is 0 Å². The van der Waals surface area contributed by atoms with E-state index in [9.17, 15) is 35.9 Å². The molecule has 1 aromatic rings. The highest BCUT2D eigenvalue weighted by Crippen LogP contribution is 2.45. The predicted molar refractivity (Wildman–Crippen MR) is 113 cm³/mol. The molecule has 2 rings (SSSR count). The fraction of sp³-hybridized carbons (Fsp3) is 0.652. The summed E-state index contributed by atoms with van der Waals surface area (Å²) in [5.74, 6) is -2.66. The Morgan fingerprint density at radius 3 is 2.24 bits per heavy atom. The molecule has 0 saturated heterocycles. The number of amides is 2. The van der Waals surface area contributed by atoms with Crippen molar-refractivity contribution in [1.82, 2.24) is 10.6 Å². The Hall–Kier alpha value is -2.46. The van der Waals surface area contributed by atoms with Gasteiger partial charge in [-0.05, 0) is 64.2 Å². The molecule has 0 heterocycles. The molecule has 34 heavy (non-hydrogen) atoms. The van der Waals surface area contributed by atoms with Crippen LogP contribution in [0.1, 0.15) is 65.0 Å². The van der Waals surface area contributed by atoms with Gasteiger partial charge in [0.15, 0.2) is 0 Å². The Morgan fingerprint density at radius 2 is 1.74 bits per heavy atom. The minimum atomic E-state index is -5.03. The number of carbonyl (C=O) groups is 2. The molecule has 0 aliphatic heterocycles. The highest BCUT2D eigenvalue weighted by atomic mass is 19.4. The van der Waals surface area contributed by atoms with Gasteiger partial charge in [0.05, 0.1) is 11.0 Å². The first-order valence-electron chi connectivity index (χ1n) is 10.9. The van der Waals surface area contributed by atoms with E-state index in [1.165, 1.54) is 6.07 Å². The summed E-state index contributed by atoms with van der Waals surface area (Å²) >= 11 is 0. The minimum Gasteiger partial charge on any atom is -0.488 e. The lowest BCUT2D eigenvalue weighted by molar-refractivity contribution is -0.174. The number of halogens is 6. The van der Waals surface area contributed by atoms with Gasteiger partial charge in [0.1, 0.15) is 11.4 Å². The molecule has 2 atom stereocenters. The van der Waals surface area contributed by atoms with Crippen LogP contribution < -0.4 is 15.4 Å². The number of carbonyl (C=O) groups excluding carboxylic acids is 2. The van der Waals surface area contributed by atoms with Gasteiger partial charge in [-0.1, -0.05) is 13.8 Å². The monoisotopic (exact) mass is 496 g/mol. The van der Waals surface area contributed by atoms with Crippen LogP contribution in [0.2, 0.25) is 0 Å². The average Bonchev–Trinajstić information content (AvgIpc) is 3.09.